The maximum atomic E-state index is 11.3. The molecule has 1 aromatic rings. The van der Waals surface area contributed by atoms with Gasteiger partial charge in [0.25, 0.3) is 0 Å². The van der Waals surface area contributed by atoms with E-state index in [1.807, 2.05) is 30.3 Å². The van der Waals surface area contributed by atoms with E-state index < -0.39 is 36.6 Å². The summed E-state index contributed by atoms with van der Waals surface area (Å²) in [4.78, 5) is 23.9. The first-order valence-corrected chi connectivity index (χ1v) is 8.85. The molecule has 1 fully saturated rings. The molecule has 0 radical (unpaired) electrons. The number of anilines is 1. The lowest BCUT2D eigenvalue weighted by Crippen LogP contribution is -2.57. The first kappa shape index (κ1) is 19.2. The number of nitrogens with zero attached hydrogens (tertiary/aromatic N) is 4. The van der Waals surface area contributed by atoms with Crippen molar-refractivity contribution < 1.29 is 30.0 Å². The number of carbonyl (C=O) groups is 1. The molecule has 0 saturated carbocycles. The van der Waals surface area contributed by atoms with E-state index in [1.165, 1.54) is 17.2 Å². The third kappa shape index (κ3) is 3.51. The zero-order valence-corrected chi connectivity index (χ0v) is 15.0. The summed E-state index contributed by atoms with van der Waals surface area (Å²) >= 11 is 0. The number of aliphatic carboxylic acids is 1. The van der Waals surface area contributed by atoms with Crippen molar-refractivity contribution in [3.63, 3.8) is 0 Å². The Bertz CT molecular complexity index is 966. The molecule has 5 atom stereocenters. The van der Waals surface area contributed by atoms with Crippen molar-refractivity contribution in [3.05, 3.63) is 48.5 Å². The predicted octanol–water partition coefficient (Wildman–Crippen LogP) is -0.545. The van der Waals surface area contributed by atoms with Crippen molar-refractivity contribution in [3.8, 4) is 11.5 Å². The van der Waals surface area contributed by atoms with Crippen molar-refractivity contribution in [2.75, 3.05) is 5.32 Å². The van der Waals surface area contributed by atoms with Crippen LogP contribution in [-0.4, -0.2) is 70.3 Å². The van der Waals surface area contributed by atoms with Gasteiger partial charge in [-0.05, 0) is 5.56 Å². The van der Waals surface area contributed by atoms with Crippen molar-refractivity contribution in [1.82, 2.24) is 19.5 Å². The molecule has 5 N–H and O–H groups in total. The summed E-state index contributed by atoms with van der Waals surface area (Å²) in [5, 5.41) is 42.7. The van der Waals surface area contributed by atoms with E-state index in [0.29, 0.717) is 18.1 Å². The van der Waals surface area contributed by atoms with E-state index in [0.717, 1.165) is 5.56 Å². The number of aliphatic hydroxyl groups is 3. The Morgan fingerprint density at radius 2 is 1.83 bits per heavy atom. The molecule has 3 aliphatic rings. The largest absolute Gasteiger partial charge is 0.479 e. The number of hydrogen-bond acceptors (Lipinski definition) is 9. The zero-order valence-electron chi connectivity index (χ0n) is 15.0. The molecule has 152 valence electrons. The van der Waals surface area contributed by atoms with Gasteiger partial charge in [-0.3, -0.25) is 4.57 Å². The van der Waals surface area contributed by atoms with Gasteiger partial charge >= 0.3 is 5.97 Å². The average molecular weight is 401 g/mol. The van der Waals surface area contributed by atoms with Crippen LogP contribution < -0.4 is 5.32 Å². The van der Waals surface area contributed by atoms with Gasteiger partial charge in [0.05, 0.1) is 0 Å². The van der Waals surface area contributed by atoms with Gasteiger partial charge in [-0.1, -0.05) is 30.3 Å². The predicted molar refractivity (Wildman–Crippen MR) is 97.8 cm³/mol. The number of benzene rings is 1. The fraction of sp³-hybridized carbons (Fsp3) is 0.333. The van der Waals surface area contributed by atoms with E-state index in [-0.39, 0.29) is 5.82 Å². The average Bonchev–Trinajstić information content (AvgIpc) is 3.21. The van der Waals surface area contributed by atoms with E-state index in [1.54, 1.807) is 0 Å². The molecule has 3 heterocycles. The lowest BCUT2D eigenvalue weighted by molar-refractivity contribution is -0.246. The van der Waals surface area contributed by atoms with Gasteiger partial charge in [0.1, 0.15) is 31.0 Å². The minimum absolute atomic E-state index is 0.271. The number of fused-ring (bicyclic) bond motifs is 1. The molecule has 0 aliphatic carbocycles. The Kier molecular flexibility index (Phi) is 5.11. The fourth-order valence-corrected chi connectivity index (χ4v) is 3.24. The Morgan fingerprint density at radius 1 is 1.07 bits per heavy atom. The highest BCUT2D eigenvalue weighted by Crippen LogP contribution is 2.33. The Hall–Kier alpha value is -3.12. The van der Waals surface area contributed by atoms with E-state index in [4.69, 9.17) is 4.74 Å². The molecular formula is C18H19N5O6. The van der Waals surface area contributed by atoms with Crippen molar-refractivity contribution in [2.45, 2.75) is 37.2 Å². The van der Waals surface area contributed by atoms with Gasteiger partial charge in [-0.15, -0.1) is 0 Å². The summed E-state index contributed by atoms with van der Waals surface area (Å²) < 4.78 is 6.63. The number of aliphatic hydroxyl groups excluding tert-OH is 3. The highest BCUT2D eigenvalue weighted by Gasteiger charge is 2.48. The third-order valence-electron chi connectivity index (χ3n) is 4.77. The van der Waals surface area contributed by atoms with Crippen molar-refractivity contribution in [2.24, 2.45) is 0 Å². The number of carboxylic acids is 1. The highest BCUT2D eigenvalue weighted by molar-refractivity contribution is 5.73. The maximum absolute atomic E-state index is 11.3. The first-order chi connectivity index (χ1) is 14.0. The summed E-state index contributed by atoms with van der Waals surface area (Å²) in [6.45, 7) is 0.494. The molecule has 0 amide bonds. The second-order valence-electron chi connectivity index (χ2n) is 6.64. The molecule has 3 aliphatic heterocycles. The van der Waals surface area contributed by atoms with Gasteiger partial charge in [-0.2, -0.15) is 0 Å². The number of hydrogen-bond donors (Lipinski definition) is 5. The molecule has 1 aromatic carbocycles. The zero-order chi connectivity index (χ0) is 20.5. The second kappa shape index (κ2) is 7.72. The molecular weight excluding hydrogens is 382 g/mol. The van der Waals surface area contributed by atoms with Crippen LogP contribution in [0.2, 0.25) is 0 Å². The Balaban J connectivity index is 1.63. The van der Waals surface area contributed by atoms with Crippen molar-refractivity contribution >= 4 is 11.8 Å². The normalized spacial score (nSPS) is 27.1. The van der Waals surface area contributed by atoms with E-state index >= 15 is 0 Å². The SMILES string of the molecule is O=C(O)[C@H]1O[C@@H](n2cnc(NCc3ccccc3)c3ncnc2-3)[C@H](O)[C@@H](O)[C@@H]1O. The number of nitrogens with one attached hydrogen (secondary N) is 1. The molecule has 0 unspecified atom stereocenters. The quantitative estimate of drug-likeness (QED) is 0.375. The fourth-order valence-electron chi connectivity index (χ4n) is 3.24. The molecule has 11 nitrogen and oxygen atoms in total. The number of rotatable bonds is 5. The summed E-state index contributed by atoms with van der Waals surface area (Å²) in [5.41, 5.74) is 1.41. The Morgan fingerprint density at radius 3 is 2.55 bits per heavy atom. The molecule has 0 spiro atoms. The standard InChI is InChI=1S/C18H19N5O6/c24-11-12(25)14(18(27)28)29-17(13(11)26)23-8-22-15(10-16(23)21-7-20-10)19-6-9-4-2-1-3-5-9/h1-5,7-8,11-14,17,19,24-26H,6H2,(H,27,28)/t11-,12-,13+,14-,17+/m0/s1. The highest BCUT2D eigenvalue weighted by atomic mass is 16.6. The van der Waals surface area contributed by atoms with Gasteiger partial charge < -0.3 is 30.5 Å². The van der Waals surface area contributed by atoms with Crippen LogP contribution in [0.3, 0.4) is 0 Å². The number of carboxylic acid groups (broad SMARTS) is 1. The minimum atomic E-state index is -1.78. The molecule has 1 saturated heterocycles. The number of ether oxygens (including phenoxy) is 1. The van der Waals surface area contributed by atoms with Crippen LogP contribution >= 0.6 is 0 Å². The topological polar surface area (TPSA) is 163 Å². The molecule has 0 bridgehead atoms. The molecule has 4 rings (SSSR count). The lowest BCUT2D eigenvalue weighted by atomic mass is 9.98. The van der Waals surface area contributed by atoms with Gasteiger partial charge in [-0.25, -0.2) is 19.7 Å². The van der Waals surface area contributed by atoms with Gasteiger partial charge in [0.2, 0.25) is 0 Å². The van der Waals surface area contributed by atoms with Gasteiger partial charge in [0, 0.05) is 6.54 Å². The maximum Gasteiger partial charge on any atom is 0.335 e. The smallest absolute Gasteiger partial charge is 0.335 e. The second-order valence-corrected chi connectivity index (χ2v) is 6.64. The van der Waals surface area contributed by atoms with Crippen molar-refractivity contribution in [1.29, 1.82) is 0 Å². The van der Waals surface area contributed by atoms with Crippen LogP contribution in [0.15, 0.2) is 43.0 Å². The lowest BCUT2D eigenvalue weighted by Gasteiger charge is -2.39. The van der Waals surface area contributed by atoms with Gasteiger partial charge in [0.15, 0.2) is 29.7 Å². The van der Waals surface area contributed by atoms with Crippen LogP contribution in [0, 0.1) is 0 Å². The first-order valence-electron chi connectivity index (χ1n) is 8.85. The molecule has 11 heteroatoms. The Labute approximate surface area is 164 Å². The number of aromatic nitrogens is 4. The molecule has 29 heavy (non-hydrogen) atoms. The van der Waals surface area contributed by atoms with Crippen LogP contribution in [0.4, 0.5) is 5.82 Å². The van der Waals surface area contributed by atoms with Crippen LogP contribution in [-0.2, 0) is 16.1 Å². The van der Waals surface area contributed by atoms with Crippen LogP contribution in [0.5, 0.6) is 0 Å². The van der Waals surface area contributed by atoms with Crippen LogP contribution in [0.25, 0.3) is 11.5 Å². The summed E-state index contributed by atoms with van der Waals surface area (Å²) in [5.74, 6) is -0.751. The minimum Gasteiger partial charge on any atom is -0.479 e. The van der Waals surface area contributed by atoms with E-state index in [9.17, 15) is 25.2 Å². The number of imidazole rings is 1. The van der Waals surface area contributed by atoms with E-state index in [2.05, 4.69) is 20.3 Å². The summed E-state index contributed by atoms with van der Waals surface area (Å²) in [6, 6.07) is 9.66. The summed E-state index contributed by atoms with van der Waals surface area (Å²) in [6.07, 6.45) is -5.55. The third-order valence-corrected chi connectivity index (χ3v) is 4.77. The van der Waals surface area contributed by atoms with Crippen LogP contribution in [0.1, 0.15) is 11.8 Å². The molecule has 0 aromatic heterocycles. The summed E-state index contributed by atoms with van der Waals surface area (Å²) in [7, 11) is 0. The monoisotopic (exact) mass is 401 g/mol.